The van der Waals surface area contributed by atoms with Crippen molar-refractivity contribution >= 4 is 33.9 Å². The van der Waals surface area contributed by atoms with Crippen LogP contribution in [0, 0.1) is 5.92 Å². The van der Waals surface area contributed by atoms with Crippen molar-refractivity contribution in [1.82, 2.24) is 4.90 Å². The van der Waals surface area contributed by atoms with Gasteiger partial charge in [0.15, 0.2) is 0 Å². The Labute approximate surface area is 124 Å². The van der Waals surface area contributed by atoms with Gasteiger partial charge in [-0.2, -0.15) is 0 Å². The van der Waals surface area contributed by atoms with E-state index in [2.05, 4.69) is 0 Å². The van der Waals surface area contributed by atoms with Crippen molar-refractivity contribution < 1.29 is 4.79 Å². The summed E-state index contributed by atoms with van der Waals surface area (Å²) in [6.07, 6.45) is 0. The van der Waals surface area contributed by atoms with Gasteiger partial charge < -0.3 is 10.6 Å². The molecule has 20 heavy (non-hydrogen) atoms. The van der Waals surface area contributed by atoms with Crippen molar-refractivity contribution in [3.8, 4) is 0 Å². The number of hydrogen-bond donors (Lipinski definition) is 1. The zero-order valence-corrected chi connectivity index (χ0v) is 12.5. The molecule has 0 saturated heterocycles. The number of amides is 1. The Balaban J connectivity index is 2.29. The van der Waals surface area contributed by atoms with Crippen LogP contribution in [0.1, 0.15) is 17.3 Å². The zero-order chi connectivity index (χ0) is 14.7. The van der Waals surface area contributed by atoms with E-state index < -0.39 is 0 Å². The van der Waals surface area contributed by atoms with E-state index in [-0.39, 0.29) is 11.8 Å². The molecule has 0 fully saturated rings. The van der Waals surface area contributed by atoms with Crippen LogP contribution in [-0.4, -0.2) is 29.4 Å². The molecular formula is C16H18N2OS. The minimum absolute atomic E-state index is 0.00827. The molecule has 0 radical (unpaired) electrons. The highest BCUT2D eigenvalue weighted by molar-refractivity contribution is 7.80. The van der Waals surface area contributed by atoms with Gasteiger partial charge in [0.1, 0.15) is 0 Å². The highest BCUT2D eigenvalue weighted by Gasteiger charge is 2.17. The van der Waals surface area contributed by atoms with E-state index in [0.29, 0.717) is 17.1 Å². The summed E-state index contributed by atoms with van der Waals surface area (Å²) in [5.74, 6) is -0.00109. The molecule has 3 nitrogen and oxygen atoms in total. The number of nitrogens with zero attached hydrogens (tertiary/aromatic N) is 1. The van der Waals surface area contributed by atoms with Crippen molar-refractivity contribution in [1.29, 1.82) is 0 Å². The molecule has 0 aliphatic heterocycles. The van der Waals surface area contributed by atoms with Gasteiger partial charge in [0.05, 0.1) is 4.99 Å². The van der Waals surface area contributed by atoms with Gasteiger partial charge in [-0.1, -0.05) is 55.5 Å². The third-order valence-corrected chi connectivity index (χ3v) is 3.80. The van der Waals surface area contributed by atoms with Crippen molar-refractivity contribution in [3.63, 3.8) is 0 Å². The molecule has 2 aromatic carbocycles. The normalized spacial score (nSPS) is 12.1. The molecule has 1 unspecified atom stereocenters. The van der Waals surface area contributed by atoms with Gasteiger partial charge in [-0.25, -0.2) is 0 Å². The minimum atomic E-state index is -0.00935. The van der Waals surface area contributed by atoms with Gasteiger partial charge in [0.2, 0.25) is 0 Å². The Bertz CT molecular complexity index is 648. The lowest BCUT2D eigenvalue weighted by Crippen LogP contribution is -2.35. The van der Waals surface area contributed by atoms with E-state index in [9.17, 15) is 4.79 Å². The van der Waals surface area contributed by atoms with Gasteiger partial charge in [-0.05, 0) is 16.8 Å². The number of benzene rings is 2. The molecule has 2 N–H and O–H groups in total. The Morgan fingerprint density at radius 1 is 1.25 bits per heavy atom. The highest BCUT2D eigenvalue weighted by Crippen LogP contribution is 2.20. The van der Waals surface area contributed by atoms with E-state index in [4.69, 9.17) is 18.0 Å². The molecule has 0 aliphatic rings. The number of carbonyl (C=O) groups excluding carboxylic acids is 1. The first kappa shape index (κ1) is 14.5. The molecule has 4 heteroatoms. The molecule has 1 amide bonds. The summed E-state index contributed by atoms with van der Waals surface area (Å²) in [7, 11) is 1.78. The lowest BCUT2D eigenvalue weighted by atomic mass is 10.0. The molecule has 0 bridgehead atoms. The standard InChI is InChI=1S/C16H18N2OS/c1-11(15(17)20)10-18(2)16(19)14-9-5-7-12-6-3-4-8-13(12)14/h3-9,11H,10H2,1-2H3,(H2,17,20). The summed E-state index contributed by atoms with van der Waals surface area (Å²) in [6.45, 7) is 2.45. The molecule has 0 aromatic heterocycles. The lowest BCUT2D eigenvalue weighted by molar-refractivity contribution is 0.0789. The summed E-state index contributed by atoms with van der Waals surface area (Å²) < 4.78 is 0. The van der Waals surface area contributed by atoms with Crippen LogP contribution in [0.25, 0.3) is 10.8 Å². The van der Waals surface area contributed by atoms with Gasteiger partial charge in [-0.3, -0.25) is 4.79 Å². The number of thiocarbonyl (C=S) groups is 1. The highest BCUT2D eigenvalue weighted by atomic mass is 32.1. The molecule has 104 valence electrons. The molecule has 0 heterocycles. The van der Waals surface area contributed by atoms with Crippen LogP contribution in [0.4, 0.5) is 0 Å². The Morgan fingerprint density at radius 2 is 1.90 bits per heavy atom. The summed E-state index contributed by atoms with van der Waals surface area (Å²) in [6, 6.07) is 13.6. The van der Waals surface area contributed by atoms with E-state index in [0.717, 1.165) is 10.8 Å². The van der Waals surface area contributed by atoms with Crippen LogP contribution in [0.2, 0.25) is 0 Å². The average Bonchev–Trinajstić information content (AvgIpc) is 2.45. The SMILES string of the molecule is CC(CN(C)C(=O)c1cccc2ccccc12)C(N)=S. The number of rotatable bonds is 4. The van der Waals surface area contributed by atoms with Crippen molar-refractivity contribution in [2.75, 3.05) is 13.6 Å². The number of nitrogens with two attached hydrogens (primary N) is 1. The maximum Gasteiger partial charge on any atom is 0.254 e. The largest absolute Gasteiger partial charge is 0.393 e. The van der Waals surface area contributed by atoms with E-state index in [1.165, 1.54) is 0 Å². The zero-order valence-electron chi connectivity index (χ0n) is 11.7. The van der Waals surface area contributed by atoms with E-state index >= 15 is 0 Å². The molecule has 0 spiro atoms. The van der Waals surface area contributed by atoms with Crippen molar-refractivity contribution in [2.24, 2.45) is 11.7 Å². The molecule has 0 saturated carbocycles. The summed E-state index contributed by atoms with van der Waals surface area (Å²) in [5, 5.41) is 2.03. The van der Waals surface area contributed by atoms with Gasteiger partial charge in [0, 0.05) is 25.1 Å². The third kappa shape index (κ3) is 2.96. The van der Waals surface area contributed by atoms with Gasteiger partial charge in [-0.15, -0.1) is 0 Å². The summed E-state index contributed by atoms with van der Waals surface area (Å²) in [4.78, 5) is 14.7. The maximum absolute atomic E-state index is 12.6. The predicted molar refractivity (Wildman–Crippen MR) is 86.9 cm³/mol. The van der Waals surface area contributed by atoms with Gasteiger partial charge >= 0.3 is 0 Å². The van der Waals surface area contributed by atoms with Crippen LogP contribution in [0.3, 0.4) is 0 Å². The Hall–Kier alpha value is -1.94. The molecule has 1 atom stereocenters. The first-order valence-electron chi connectivity index (χ1n) is 6.53. The van der Waals surface area contributed by atoms with Crippen molar-refractivity contribution in [2.45, 2.75) is 6.92 Å². The quantitative estimate of drug-likeness (QED) is 0.879. The van der Waals surface area contributed by atoms with Crippen LogP contribution in [0.15, 0.2) is 42.5 Å². The molecule has 2 rings (SSSR count). The molecule has 0 aliphatic carbocycles. The molecular weight excluding hydrogens is 268 g/mol. The average molecular weight is 286 g/mol. The second-order valence-corrected chi connectivity index (χ2v) is 5.49. The summed E-state index contributed by atoms with van der Waals surface area (Å²) in [5.41, 5.74) is 6.32. The second-order valence-electron chi connectivity index (χ2n) is 5.02. The van der Waals surface area contributed by atoms with Crippen molar-refractivity contribution in [3.05, 3.63) is 48.0 Å². The first-order valence-corrected chi connectivity index (χ1v) is 6.94. The minimum Gasteiger partial charge on any atom is -0.393 e. The topological polar surface area (TPSA) is 46.3 Å². The predicted octanol–water partition coefficient (Wildman–Crippen LogP) is 2.83. The molecule has 2 aromatic rings. The fourth-order valence-corrected chi connectivity index (χ4v) is 2.28. The van der Waals surface area contributed by atoms with Gasteiger partial charge in [0.25, 0.3) is 5.91 Å². The monoisotopic (exact) mass is 286 g/mol. The first-order chi connectivity index (χ1) is 9.50. The maximum atomic E-state index is 12.6. The number of fused-ring (bicyclic) bond motifs is 1. The smallest absolute Gasteiger partial charge is 0.254 e. The van der Waals surface area contributed by atoms with Crippen LogP contribution < -0.4 is 5.73 Å². The fraction of sp³-hybridized carbons (Fsp3) is 0.250. The van der Waals surface area contributed by atoms with Crippen LogP contribution >= 0.6 is 12.2 Å². The number of hydrogen-bond acceptors (Lipinski definition) is 2. The van der Waals surface area contributed by atoms with E-state index in [1.54, 1.807) is 11.9 Å². The lowest BCUT2D eigenvalue weighted by Gasteiger charge is -2.21. The Morgan fingerprint density at radius 3 is 2.60 bits per heavy atom. The second kappa shape index (κ2) is 6.01. The third-order valence-electron chi connectivity index (χ3n) is 3.40. The van der Waals surface area contributed by atoms with Crippen LogP contribution in [-0.2, 0) is 0 Å². The summed E-state index contributed by atoms with van der Waals surface area (Å²) >= 11 is 4.96. The number of carbonyl (C=O) groups is 1. The van der Waals surface area contributed by atoms with E-state index in [1.807, 2.05) is 49.4 Å². The van der Waals surface area contributed by atoms with Crippen LogP contribution in [0.5, 0.6) is 0 Å². The Kier molecular flexibility index (Phi) is 4.35. The fourth-order valence-electron chi connectivity index (χ4n) is 2.20.